The Morgan fingerprint density at radius 2 is 2.10 bits per heavy atom. The molecule has 1 atom stereocenters. The molecular weight excluding hydrogens is 266 g/mol. The molecule has 0 aromatic heterocycles. The van der Waals surface area contributed by atoms with E-state index in [-0.39, 0.29) is 11.8 Å². The minimum absolute atomic E-state index is 0.0811. The molecular formula is C15H29N5O. The molecule has 1 aliphatic rings. The lowest BCUT2D eigenvalue weighted by atomic mass is 9.90. The summed E-state index contributed by atoms with van der Waals surface area (Å²) in [5.41, 5.74) is -0.795. The van der Waals surface area contributed by atoms with E-state index in [1.807, 2.05) is 25.8 Å². The van der Waals surface area contributed by atoms with Gasteiger partial charge in [-0.3, -0.25) is 14.6 Å². The van der Waals surface area contributed by atoms with Crippen molar-refractivity contribution >= 4 is 5.91 Å². The Hall–Kier alpha value is -1.16. The van der Waals surface area contributed by atoms with Crippen molar-refractivity contribution in [2.24, 2.45) is 5.92 Å². The van der Waals surface area contributed by atoms with Crippen molar-refractivity contribution in [1.82, 2.24) is 20.4 Å². The standard InChI is InChI=1S/C15H29N5O/c1-13(2)15(3,12-16)18-14(21)11-19(4)9-10-20-7-5-17-6-8-20/h13,17H,5-11H2,1-4H3,(H,18,21). The molecule has 1 saturated heterocycles. The van der Waals surface area contributed by atoms with Crippen LogP contribution in [0.5, 0.6) is 0 Å². The van der Waals surface area contributed by atoms with Gasteiger partial charge >= 0.3 is 0 Å². The highest BCUT2D eigenvalue weighted by Crippen LogP contribution is 2.14. The highest BCUT2D eigenvalue weighted by atomic mass is 16.2. The van der Waals surface area contributed by atoms with Gasteiger partial charge in [-0.25, -0.2) is 0 Å². The van der Waals surface area contributed by atoms with Gasteiger partial charge in [-0.2, -0.15) is 5.26 Å². The van der Waals surface area contributed by atoms with E-state index in [0.717, 1.165) is 39.3 Å². The summed E-state index contributed by atoms with van der Waals surface area (Å²) in [7, 11) is 1.95. The van der Waals surface area contributed by atoms with E-state index in [9.17, 15) is 10.1 Å². The van der Waals surface area contributed by atoms with Gasteiger partial charge in [0.25, 0.3) is 0 Å². The first-order valence-corrected chi connectivity index (χ1v) is 7.71. The summed E-state index contributed by atoms with van der Waals surface area (Å²) in [4.78, 5) is 16.5. The minimum Gasteiger partial charge on any atom is -0.337 e. The van der Waals surface area contributed by atoms with E-state index >= 15 is 0 Å². The predicted molar refractivity (Wildman–Crippen MR) is 83.8 cm³/mol. The highest BCUT2D eigenvalue weighted by molar-refractivity contribution is 5.79. The van der Waals surface area contributed by atoms with Gasteiger partial charge in [0, 0.05) is 39.3 Å². The molecule has 0 radical (unpaired) electrons. The Kier molecular flexibility index (Phi) is 7.09. The van der Waals surface area contributed by atoms with Crippen LogP contribution in [0.1, 0.15) is 20.8 Å². The molecule has 0 bridgehead atoms. The summed E-state index contributed by atoms with van der Waals surface area (Å²) < 4.78 is 0. The van der Waals surface area contributed by atoms with Gasteiger partial charge < -0.3 is 10.6 Å². The number of hydrogen-bond donors (Lipinski definition) is 2. The molecule has 0 saturated carbocycles. The number of nitriles is 1. The maximum atomic E-state index is 12.1. The fourth-order valence-corrected chi connectivity index (χ4v) is 2.20. The van der Waals surface area contributed by atoms with Crippen molar-refractivity contribution in [2.75, 3.05) is 52.9 Å². The number of rotatable bonds is 7. The molecule has 120 valence electrons. The molecule has 1 heterocycles. The SMILES string of the molecule is CC(C)C(C)(C#N)NC(=O)CN(C)CCN1CCNCC1. The monoisotopic (exact) mass is 295 g/mol. The molecule has 21 heavy (non-hydrogen) atoms. The van der Waals surface area contributed by atoms with E-state index in [0.29, 0.717) is 6.54 Å². The smallest absolute Gasteiger partial charge is 0.235 e. The Balaban J connectivity index is 2.31. The van der Waals surface area contributed by atoms with Crippen molar-refractivity contribution in [2.45, 2.75) is 26.3 Å². The lowest BCUT2D eigenvalue weighted by Crippen LogP contribution is -2.52. The Morgan fingerprint density at radius 3 is 2.62 bits per heavy atom. The zero-order valence-electron chi connectivity index (χ0n) is 13.8. The van der Waals surface area contributed by atoms with Crippen LogP contribution in [0.2, 0.25) is 0 Å². The lowest BCUT2D eigenvalue weighted by molar-refractivity contribution is -0.123. The first kappa shape index (κ1) is 17.9. The molecule has 0 aromatic rings. The summed E-state index contributed by atoms with van der Waals surface area (Å²) >= 11 is 0. The maximum absolute atomic E-state index is 12.1. The fourth-order valence-electron chi connectivity index (χ4n) is 2.20. The number of carbonyl (C=O) groups is 1. The van der Waals surface area contributed by atoms with Crippen LogP contribution in [0.25, 0.3) is 0 Å². The number of nitrogens with zero attached hydrogens (tertiary/aromatic N) is 3. The van der Waals surface area contributed by atoms with Gasteiger partial charge in [0.1, 0.15) is 5.54 Å². The second-order valence-corrected chi connectivity index (χ2v) is 6.35. The van der Waals surface area contributed by atoms with Crippen LogP contribution in [0.15, 0.2) is 0 Å². The molecule has 1 fully saturated rings. The average molecular weight is 295 g/mol. The van der Waals surface area contributed by atoms with E-state index in [1.54, 1.807) is 6.92 Å². The second kappa shape index (κ2) is 8.32. The summed E-state index contributed by atoms with van der Waals surface area (Å²) in [6.45, 7) is 12.0. The predicted octanol–water partition coefficient (Wildman–Crippen LogP) is -0.122. The zero-order chi connectivity index (χ0) is 15.9. The Bertz CT molecular complexity index is 373. The van der Waals surface area contributed by atoms with Crippen LogP contribution in [0, 0.1) is 17.2 Å². The molecule has 6 nitrogen and oxygen atoms in total. The van der Waals surface area contributed by atoms with Gasteiger partial charge in [-0.05, 0) is 19.9 Å². The van der Waals surface area contributed by atoms with E-state index in [1.165, 1.54) is 0 Å². The first-order chi connectivity index (χ1) is 9.87. The van der Waals surface area contributed by atoms with Crippen molar-refractivity contribution < 1.29 is 4.79 Å². The van der Waals surface area contributed by atoms with Crippen molar-refractivity contribution in [1.29, 1.82) is 5.26 Å². The third-order valence-electron chi connectivity index (χ3n) is 4.21. The third-order valence-corrected chi connectivity index (χ3v) is 4.21. The van der Waals surface area contributed by atoms with Gasteiger partial charge in [-0.15, -0.1) is 0 Å². The lowest BCUT2D eigenvalue weighted by Gasteiger charge is -2.30. The highest BCUT2D eigenvalue weighted by Gasteiger charge is 2.30. The maximum Gasteiger partial charge on any atom is 0.235 e. The number of amides is 1. The molecule has 6 heteroatoms. The summed E-state index contributed by atoms with van der Waals surface area (Å²) in [5.74, 6) is -0.00633. The van der Waals surface area contributed by atoms with E-state index in [2.05, 4.69) is 21.6 Å². The van der Waals surface area contributed by atoms with E-state index in [4.69, 9.17) is 0 Å². The number of piperazine rings is 1. The van der Waals surface area contributed by atoms with Crippen LogP contribution in [-0.4, -0.2) is 74.1 Å². The van der Waals surface area contributed by atoms with Crippen molar-refractivity contribution in [3.8, 4) is 6.07 Å². The number of likely N-dealkylation sites (N-methyl/N-ethyl adjacent to an activating group) is 1. The van der Waals surface area contributed by atoms with Crippen molar-refractivity contribution in [3.05, 3.63) is 0 Å². The normalized spacial score (nSPS) is 19.3. The van der Waals surface area contributed by atoms with Crippen LogP contribution < -0.4 is 10.6 Å². The average Bonchev–Trinajstić information content (AvgIpc) is 2.45. The van der Waals surface area contributed by atoms with E-state index < -0.39 is 5.54 Å². The van der Waals surface area contributed by atoms with Crippen molar-refractivity contribution in [3.63, 3.8) is 0 Å². The van der Waals surface area contributed by atoms with Gasteiger partial charge in [-0.1, -0.05) is 13.8 Å². The second-order valence-electron chi connectivity index (χ2n) is 6.35. The summed E-state index contributed by atoms with van der Waals surface area (Å²) in [6, 6.07) is 2.20. The minimum atomic E-state index is -0.795. The van der Waals surface area contributed by atoms with Gasteiger partial charge in [0.2, 0.25) is 5.91 Å². The molecule has 1 aliphatic heterocycles. The van der Waals surface area contributed by atoms with Gasteiger partial charge in [0.05, 0.1) is 12.6 Å². The molecule has 0 aliphatic carbocycles. The Morgan fingerprint density at radius 1 is 1.48 bits per heavy atom. The summed E-state index contributed by atoms with van der Waals surface area (Å²) in [5, 5.41) is 15.4. The fraction of sp³-hybridized carbons (Fsp3) is 0.867. The number of nitrogens with one attached hydrogen (secondary N) is 2. The van der Waals surface area contributed by atoms with Crippen LogP contribution >= 0.6 is 0 Å². The first-order valence-electron chi connectivity index (χ1n) is 7.71. The Labute approximate surface area is 128 Å². The molecule has 1 rings (SSSR count). The molecule has 1 unspecified atom stereocenters. The number of carbonyl (C=O) groups excluding carboxylic acids is 1. The van der Waals surface area contributed by atoms with Crippen LogP contribution in [0.3, 0.4) is 0 Å². The molecule has 0 aromatic carbocycles. The largest absolute Gasteiger partial charge is 0.337 e. The quantitative estimate of drug-likeness (QED) is 0.685. The molecule has 0 spiro atoms. The summed E-state index contributed by atoms with van der Waals surface area (Å²) in [6.07, 6.45) is 0. The third kappa shape index (κ3) is 6.00. The zero-order valence-corrected chi connectivity index (χ0v) is 13.8. The van der Waals surface area contributed by atoms with Crippen LogP contribution in [0.4, 0.5) is 0 Å². The topological polar surface area (TPSA) is 71.4 Å². The number of hydrogen-bond acceptors (Lipinski definition) is 5. The molecule has 1 amide bonds. The van der Waals surface area contributed by atoms with Gasteiger partial charge in [0.15, 0.2) is 0 Å². The van der Waals surface area contributed by atoms with Crippen LogP contribution in [-0.2, 0) is 4.79 Å². The molecule has 2 N–H and O–H groups in total.